The lowest BCUT2D eigenvalue weighted by atomic mass is 10.1. The zero-order valence-electron chi connectivity index (χ0n) is 12.4. The van der Waals surface area contributed by atoms with Crippen molar-refractivity contribution >= 4 is 38.9 Å². The molecule has 0 aliphatic carbocycles. The number of aryl methyl sites for hydroxylation is 1. The van der Waals surface area contributed by atoms with Crippen molar-refractivity contribution in [3.05, 3.63) is 32.7 Å². The van der Waals surface area contributed by atoms with E-state index in [1.54, 1.807) is 11.3 Å². The van der Waals surface area contributed by atoms with Crippen molar-refractivity contribution in [3.8, 4) is 10.6 Å². The maximum atomic E-state index is 6.25. The minimum Gasteiger partial charge on any atom is -0.312 e. The van der Waals surface area contributed by atoms with E-state index >= 15 is 0 Å². The molecule has 2 rings (SSSR count). The Bertz CT molecular complexity index is 607. The predicted octanol–water partition coefficient (Wildman–Crippen LogP) is 4.94. The molecule has 0 fully saturated rings. The average molecular weight is 389 g/mol. The molecule has 1 N–H and O–H groups in total. The van der Waals surface area contributed by atoms with Crippen LogP contribution in [0.25, 0.3) is 10.6 Å². The van der Waals surface area contributed by atoms with Gasteiger partial charge in [0.2, 0.25) is 0 Å². The second kappa shape index (κ2) is 7.18. The average Bonchev–Trinajstić information content (AvgIpc) is 2.82. The first-order valence-corrected chi connectivity index (χ1v) is 8.87. The molecule has 21 heavy (non-hydrogen) atoms. The Hall–Kier alpha value is -0.490. The summed E-state index contributed by atoms with van der Waals surface area (Å²) in [5.41, 5.74) is 1.11. The van der Waals surface area contributed by atoms with Crippen LogP contribution >= 0.6 is 38.9 Å². The van der Waals surface area contributed by atoms with E-state index in [9.17, 15) is 0 Å². The van der Waals surface area contributed by atoms with Crippen molar-refractivity contribution < 1.29 is 0 Å². The molecule has 0 spiro atoms. The molecule has 3 nitrogen and oxygen atoms in total. The number of nitrogens with one attached hydrogen (secondary N) is 1. The van der Waals surface area contributed by atoms with Crippen LogP contribution in [-0.2, 0) is 6.42 Å². The van der Waals surface area contributed by atoms with Crippen LogP contribution in [0.4, 0.5) is 0 Å². The summed E-state index contributed by atoms with van der Waals surface area (Å²) >= 11 is 11.3. The summed E-state index contributed by atoms with van der Waals surface area (Å²) in [7, 11) is 0. The largest absolute Gasteiger partial charge is 0.312 e. The summed E-state index contributed by atoms with van der Waals surface area (Å²) in [6, 6.07) is 5.82. The molecule has 0 unspecified atom stereocenters. The summed E-state index contributed by atoms with van der Waals surface area (Å²) in [6.07, 6.45) is 1.99. The first kappa shape index (κ1) is 16.9. The van der Waals surface area contributed by atoms with Crippen LogP contribution in [0, 0.1) is 0 Å². The van der Waals surface area contributed by atoms with Crippen LogP contribution in [0.1, 0.15) is 32.2 Å². The van der Waals surface area contributed by atoms with Crippen LogP contribution in [0.5, 0.6) is 0 Å². The van der Waals surface area contributed by atoms with Crippen LogP contribution in [0.15, 0.2) is 22.7 Å². The molecule has 0 radical (unpaired) electrons. The number of halogens is 2. The van der Waals surface area contributed by atoms with Crippen LogP contribution in [-0.4, -0.2) is 22.3 Å². The van der Waals surface area contributed by atoms with Gasteiger partial charge in [0.05, 0.1) is 5.02 Å². The molecule has 6 heteroatoms. The number of hydrogen-bond acceptors (Lipinski definition) is 4. The highest BCUT2D eigenvalue weighted by atomic mass is 79.9. The number of benzene rings is 1. The summed E-state index contributed by atoms with van der Waals surface area (Å²) in [4.78, 5) is 0. The van der Waals surface area contributed by atoms with E-state index in [1.807, 2.05) is 18.2 Å². The molecule has 0 saturated heterocycles. The number of nitrogens with zero attached hydrogens (tertiary/aromatic N) is 2. The Labute approximate surface area is 143 Å². The first-order valence-electron chi connectivity index (χ1n) is 6.88. The maximum absolute atomic E-state index is 6.25. The fraction of sp³-hybridized carbons (Fsp3) is 0.467. The molecule has 0 atom stereocenters. The number of aromatic nitrogens is 2. The molecule has 1 heterocycles. The monoisotopic (exact) mass is 387 g/mol. The van der Waals surface area contributed by atoms with Gasteiger partial charge in [-0.3, -0.25) is 0 Å². The molecule has 114 valence electrons. The van der Waals surface area contributed by atoms with Gasteiger partial charge in [0.15, 0.2) is 0 Å². The molecular formula is C15H19BrClN3S. The van der Waals surface area contributed by atoms with Crippen LogP contribution in [0.3, 0.4) is 0 Å². The van der Waals surface area contributed by atoms with Gasteiger partial charge < -0.3 is 5.32 Å². The minimum atomic E-state index is 0.164. The maximum Gasteiger partial charge on any atom is 0.149 e. The Morgan fingerprint density at radius 3 is 2.71 bits per heavy atom. The lowest BCUT2D eigenvalue weighted by molar-refractivity contribution is 0.422. The van der Waals surface area contributed by atoms with Gasteiger partial charge in [-0.15, -0.1) is 10.2 Å². The Kier molecular flexibility index (Phi) is 5.77. The van der Waals surface area contributed by atoms with Gasteiger partial charge in [-0.1, -0.05) is 38.9 Å². The second-order valence-corrected chi connectivity index (χ2v) is 8.29. The molecule has 1 aromatic carbocycles. The lowest BCUT2D eigenvalue weighted by Crippen LogP contribution is -2.36. The summed E-state index contributed by atoms with van der Waals surface area (Å²) < 4.78 is 0.967. The third kappa shape index (κ3) is 5.33. The van der Waals surface area contributed by atoms with E-state index in [0.29, 0.717) is 5.02 Å². The van der Waals surface area contributed by atoms with Crippen molar-refractivity contribution in [1.82, 2.24) is 15.5 Å². The highest BCUT2D eigenvalue weighted by Gasteiger charge is 2.11. The highest BCUT2D eigenvalue weighted by molar-refractivity contribution is 9.10. The Balaban J connectivity index is 1.95. The van der Waals surface area contributed by atoms with Crippen molar-refractivity contribution in [2.45, 2.75) is 39.2 Å². The van der Waals surface area contributed by atoms with Crippen LogP contribution < -0.4 is 5.32 Å². The zero-order valence-corrected chi connectivity index (χ0v) is 15.6. The molecule has 0 aliphatic heterocycles. The molecule has 0 amide bonds. The predicted molar refractivity (Wildman–Crippen MR) is 94.1 cm³/mol. The SMILES string of the molecule is CC(C)(C)NCCCc1nnc(-c2ccc(Br)cc2Cl)s1. The standard InChI is InChI=1S/C15H19BrClN3S/c1-15(2,3)18-8-4-5-13-19-20-14(21-13)11-7-6-10(16)9-12(11)17/h6-7,9,18H,4-5,8H2,1-3H3. The fourth-order valence-corrected chi connectivity index (χ4v) is 3.57. The van der Waals surface area contributed by atoms with Gasteiger partial charge in [0, 0.05) is 22.0 Å². The van der Waals surface area contributed by atoms with Gasteiger partial charge in [0.25, 0.3) is 0 Å². The van der Waals surface area contributed by atoms with E-state index in [-0.39, 0.29) is 5.54 Å². The molecular weight excluding hydrogens is 370 g/mol. The second-order valence-electron chi connectivity index (χ2n) is 5.91. The van der Waals surface area contributed by atoms with Gasteiger partial charge >= 0.3 is 0 Å². The fourth-order valence-electron chi connectivity index (χ4n) is 1.83. The van der Waals surface area contributed by atoms with Gasteiger partial charge in [-0.05, 0) is 51.9 Å². The number of rotatable bonds is 5. The Morgan fingerprint density at radius 2 is 2.05 bits per heavy atom. The van der Waals surface area contributed by atoms with E-state index in [2.05, 4.69) is 52.2 Å². The lowest BCUT2D eigenvalue weighted by Gasteiger charge is -2.20. The van der Waals surface area contributed by atoms with Gasteiger partial charge in [0.1, 0.15) is 10.0 Å². The van der Waals surface area contributed by atoms with E-state index in [4.69, 9.17) is 11.6 Å². The highest BCUT2D eigenvalue weighted by Crippen LogP contribution is 2.32. The van der Waals surface area contributed by atoms with Crippen LogP contribution in [0.2, 0.25) is 5.02 Å². The zero-order chi connectivity index (χ0) is 15.5. The third-order valence-corrected chi connectivity index (χ3v) is 4.67. The minimum absolute atomic E-state index is 0.164. The molecule has 0 saturated carbocycles. The normalized spacial score (nSPS) is 11.9. The summed E-state index contributed by atoms with van der Waals surface area (Å²) in [5.74, 6) is 0. The van der Waals surface area contributed by atoms with Gasteiger partial charge in [-0.2, -0.15) is 0 Å². The van der Waals surface area contributed by atoms with Crippen molar-refractivity contribution in [3.63, 3.8) is 0 Å². The van der Waals surface area contributed by atoms with Crippen molar-refractivity contribution in [1.29, 1.82) is 0 Å². The molecule has 0 bridgehead atoms. The smallest absolute Gasteiger partial charge is 0.149 e. The third-order valence-electron chi connectivity index (χ3n) is 2.85. The first-order chi connectivity index (χ1) is 9.85. The molecule has 0 aliphatic rings. The summed E-state index contributed by atoms with van der Waals surface area (Å²) in [5, 5.41) is 14.6. The number of hydrogen-bond donors (Lipinski definition) is 1. The Morgan fingerprint density at radius 1 is 1.29 bits per heavy atom. The van der Waals surface area contributed by atoms with E-state index < -0.39 is 0 Å². The molecule has 1 aromatic heterocycles. The van der Waals surface area contributed by atoms with E-state index in [0.717, 1.165) is 39.4 Å². The quantitative estimate of drug-likeness (QED) is 0.737. The topological polar surface area (TPSA) is 37.8 Å². The molecule has 2 aromatic rings. The van der Waals surface area contributed by atoms with Gasteiger partial charge in [-0.25, -0.2) is 0 Å². The van der Waals surface area contributed by atoms with E-state index in [1.165, 1.54) is 0 Å². The van der Waals surface area contributed by atoms with Crippen molar-refractivity contribution in [2.75, 3.05) is 6.54 Å². The summed E-state index contributed by atoms with van der Waals surface area (Å²) in [6.45, 7) is 7.50. The van der Waals surface area contributed by atoms with Crippen molar-refractivity contribution in [2.24, 2.45) is 0 Å².